The van der Waals surface area contributed by atoms with Gasteiger partial charge in [-0.3, -0.25) is 0 Å². The van der Waals surface area contributed by atoms with Crippen LogP contribution in [0.3, 0.4) is 0 Å². The van der Waals surface area contributed by atoms with Crippen molar-refractivity contribution in [1.82, 2.24) is 0 Å². The van der Waals surface area contributed by atoms with Crippen LogP contribution in [0.15, 0.2) is 30.3 Å². The lowest BCUT2D eigenvalue weighted by atomic mass is 9.85. The molecule has 1 fully saturated rings. The van der Waals surface area contributed by atoms with Crippen molar-refractivity contribution >= 4 is 29.9 Å². The molecular weight excluding hydrogens is 536 g/mol. The third kappa shape index (κ3) is 5.64. The van der Waals surface area contributed by atoms with Crippen molar-refractivity contribution in [3.05, 3.63) is 35.9 Å². The van der Waals surface area contributed by atoms with E-state index in [0.717, 1.165) is 27.1 Å². The Balaban J connectivity index is 1.91. The molecule has 4 rings (SSSR count). The van der Waals surface area contributed by atoms with E-state index in [1.165, 1.54) is 0 Å². The molecule has 1 aliphatic rings. The van der Waals surface area contributed by atoms with Crippen LogP contribution in [-0.2, 0) is 20.3 Å². The second-order valence-electron chi connectivity index (χ2n) is 13.0. The fraction of sp³-hybridized carbons (Fsp3) is 0.576. The number of hydrogen-bond acceptors (Lipinski definition) is 7. The molecule has 1 saturated heterocycles. The smallest absolute Gasteiger partial charge is 0.191 e. The van der Waals surface area contributed by atoms with Crippen molar-refractivity contribution in [1.29, 1.82) is 0 Å². The van der Waals surface area contributed by atoms with Crippen LogP contribution in [0.1, 0.15) is 53.5 Å². The average Bonchev–Trinajstić information content (AvgIpc) is 3.12. The summed E-state index contributed by atoms with van der Waals surface area (Å²) in [6, 6.07) is 10.1. The highest BCUT2D eigenvalue weighted by Gasteiger charge is 2.52. The molecule has 0 unspecified atom stereocenters. The Kier molecular flexibility index (Phi) is 8.65. The van der Waals surface area contributed by atoms with Crippen molar-refractivity contribution in [2.45, 2.75) is 90.0 Å². The molecule has 0 saturated carbocycles. The molecule has 1 aliphatic heterocycles. The highest BCUT2D eigenvalue weighted by molar-refractivity contribution is 6.74. The molecule has 0 N–H and O–H groups in total. The van der Waals surface area contributed by atoms with Crippen molar-refractivity contribution in [3.63, 3.8) is 0 Å². The van der Waals surface area contributed by atoms with Crippen LogP contribution >= 0.6 is 0 Å². The molecule has 3 aromatic rings. The predicted molar refractivity (Wildman–Crippen MR) is 168 cm³/mol. The van der Waals surface area contributed by atoms with Crippen LogP contribution in [0.2, 0.25) is 18.1 Å². The van der Waals surface area contributed by atoms with Gasteiger partial charge in [-0.1, -0.05) is 45.0 Å². The first-order valence-corrected chi connectivity index (χ1v) is 17.3. The molecule has 8 heteroatoms. The zero-order chi connectivity index (χ0) is 30.4. The van der Waals surface area contributed by atoms with E-state index in [1.807, 2.05) is 44.2 Å². The minimum absolute atomic E-state index is 0.116. The average molecular weight is 585 g/mol. The quantitative estimate of drug-likeness (QED) is 0.177. The molecule has 0 radical (unpaired) electrons. The van der Waals surface area contributed by atoms with Gasteiger partial charge in [-0.2, -0.15) is 0 Å². The van der Waals surface area contributed by atoms with Crippen molar-refractivity contribution in [3.8, 4) is 23.0 Å². The van der Waals surface area contributed by atoms with Gasteiger partial charge in [0.1, 0.15) is 28.6 Å². The lowest BCUT2D eigenvalue weighted by Gasteiger charge is -2.38. The van der Waals surface area contributed by atoms with Gasteiger partial charge in [-0.25, -0.2) is 0 Å². The predicted octanol–water partition coefficient (Wildman–Crippen LogP) is 7.89. The zero-order valence-corrected chi connectivity index (χ0v) is 27.9. The maximum absolute atomic E-state index is 6.77. The number of rotatable bonds is 10. The van der Waals surface area contributed by atoms with E-state index in [2.05, 4.69) is 40.8 Å². The molecule has 3 aromatic carbocycles. The molecule has 41 heavy (non-hydrogen) atoms. The molecule has 226 valence electrons. The molecule has 1 heterocycles. The summed E-state index contributed by atoms with van der Waals surface area (Å²) in [6.45, 7) is 17.9. The summed E-state index contributed by atoms with van der Waals surface area (Å²) in [5.74, 6) is 2.06. The summed E-state index contributed by atoms with van der Waals surface area (Å²) < 4.78 is 44.0. The van der Waals surface area contributed by atoms with Crippen molar-refractivity contribution in [2.75, 3.05) is 35.0 Å². The SMILES string of the molecule is COc1cc(C[C@@]2(CCO[Si](C)(C)C(C)(C)C)OC(C)(C)O[C@H]2C)c(OC)c2c(OC)c3ccccc3c(OC)c12. The summed E-state index contributed by atoms with van der Waals surface area (Å²) in [4.78, 5) is 0. The van der Waals surface area contributed by atoms with Gasteiger partial charge < -0.3 is 32.8 Å². The first-order chi connectivity index (χ1) is 19.1. The second kappa shape index (κ2) is 11.3. The number of hydrogen-bond donors (Lipinski definition) is 0. The number of fused-ring (bicyclic) bond motifs is 2. The van der Waals surface area contributed by atoms with Gasteiger partial charge in [0.05, 0.1) is 45.3 Å². The minimum Gasteiger partial charge on any atom is -0.496 e. The molecule has 0 spiro atoms. The van der Waals surface area contributed by atoms with Crippen LogP contribution < -0.4 is 18.9 Å². The van der Waals surface area contributed by atoms with E-state index in [1.54, 1.807) is 28.4 Å². The lowest BCUT2D eigenvalue weighted by Crippen LogP contribution is -2.46. The Morgan fingerprint density at radius 3 is 1.88 bits per heavy atom. The van der Waals surface area contributed by atoms with Crippen molar-refractivity contribution < 1.29 is 32.8 Å². The zero-order valence-electron chi connectivity index (χ0n) is 26.9. The first-order valence-electron chi connectivity index (χ1n) is 14.4. The molecule has 0 amide bonds. The fourth-order valence-corrected chi connectivity index (χ4v) is 6.95. The van der Waals surface area contributed by atoms with E-state index in [-0.39, 0.29) is 11.1 Å². The highest BCUT2D eigenvalue weighted by atomic mass is 28.4. The van der Waals surface area contributed by atoms with Gasteiger partial charge in [0, 0.05) is 35.8 Å². The summed E-state index contributed by atoms with van der Waals surface area (Å²) in [5.41, 5.74) is 0.291. The standard InChI is InChI=1S/C33H48O7Si/c1-21-33(40-32(5,6)39-21,17-18-38-41(11,12)31(2,3)4)20-22-19-25(34-7)26-27(28(22)35-8)30(37-10)24-16-14-13-15-23(24)29(26)36-9/h13-16,19,21H,17-18,20H2,1-12H3/t21-,33+/m0/s1. The van der Waals surface area contributed by atoms with Gasteiger partial charge >= 0.3 is 0 Å². The summed E-state index contributed by atoms with van der Waals surface area (Å²) >= 11 is 0. The van der Waals surface area contributed by atoms with E-state index in [4.69, 9.17) is 32.8 Å². The lowest BCUT2D eigenvalue weighted by molar-refractivity contribution is -0.165. The highest BCUT2D eigenvalue weighted by Crippen LogP contribution is 2.53. The maximum atomic E-state index is 6.77. The molecule has 0 aliphatic carbocycles. The number of methoxy groups -OCH3 is 4. The first kappa shape index (κ1) is 31.4. The monoisotopic (exact) mass is 584 g/mol. The molecule has 0 bridgehead atoms. The normalized spacial score (nSPS) is 20.9. The topological polar surface area (TPSA) is 64.6 Å². The Morgan fingerprint density at radius 1 is 0.854 bits per heavy atom. The Hall–Kier alpha value is -2.52. The summed E-state index contributed by atoms with van der Waals surface area (Å²) in [5, 5.41) is 3.60. The Bertz CT molecular complexity index is 1410. The van der Waals surface area contributed by atoms with Crippen LogP contribution in [0, 0.1) is 0 Å². The summed E-state index contributed by atoms with van der Waals surface area (Å²) in [7, 11) is 4.78. The van der Waals surface area contributed by atoms with E-state index in [9.17, 15) is 0 Å². The molecule has 2 atom stereocenters. The maximum Gasteiger partial charge on any atom is 0.191 e. The van der Waals surface area contributed by atoms with E-state index < -0.39 is 19.7 Å². The number of ether oxygens (including phenoxy) is 6. The minimum atomic E-state index is -1.95. The molecule has 7 nitrogen and oxygen atoms in total. The van der Waals surface area contributed by atoms with Gasteiger partial charge in [-0.05, 0) is 45.0 Å². The van der Waals surface area contributed by atoms with Crippen molar-refractivity contribution in [2.24, 2.45) is 0 Å². The Labute approximate surface area is 246 Å². The third-order valence-corrected chi connectivity index (χ3v) is 13.5. The third-order valence-electron chi connectivity index (χ3n) is 8.96. The van der Waals surface area contributed by atoms with Gasteiger partial charge in [0.2, 0.25) is 0 Å². The number of benzene rings is 3. The van der Waals surface area contributed by atoms with Crippen LogP contribution in [0.5, 0.6) is 23.0 Å². The molecule has 0 aromatic heterocycles. The van der Waals surface area contributed by atoms with Crippen LogP contribution in [-0.4, -0.2) is 60.9 Å². The second-order valence-corrected chi connectivity index (χ2v) is 17.8. The summed E-state index contributed by atoms with van der Waals surface area (Å²) in [6.07, 6.45) is 1.03. The Morgan fingerprint density at radius 2 is 1.41 bits per heavy atom. The van der Waals surface area contributed by atoms with Gasteiger partial charge in [-0.15, -0.1) is 0 Å². The van der Waals surface area contributed by atoms with Crippen LogP contribution in [0.25, 0.3) is 21.5 Å². The fourth-order valence-electron chi connectivity index (χ4n) is 5.90. The van der Waals surface area contributed by atoms with Gasteiger partial charge in [0.25, 0.3) is 0 Å². The largest absolute Gasteiger partial charge is 0.496 e. The van der Waals surface area contributed by atoms with Crippen LogP contribution in [0.4, 0.5) is 0 Å². The van der Waals surface area contributed by atoms with Gasteiger partial charge in [0.15, 0.2) is 14.1 Å². The van der Waals surface area contributed by atoms with E-state index in [0.29, 0.717) is 42.4 Å². The van der Waals surface area contributed by atoms with E-state index >= 15 is 0 Å². The molecular formula is C33H48O7Si.